The fourth-order valence-corrected chi connectivity index (χ4v) is 3.76. The SMILES string of the molecule is O=C(CC1Nc2ccccc2N(CC(=O)Nc2ccc(Br)cc2)C1=O)Nc1ccc(F)cc1. The van der Waals surface area contributed by atoms with E-state index in [0.29, 0.717) is 22.7 Å². The monoisotopic (exact) mass is 510 g/mol. The first-order valence-electron chi connectivity index (χ1n) is 10.2. The number of fused-ring (bicyclic) bond motifs is 1. The average molecular weight is 511 g/mol. The van der Waals surface area contributed by atoms with Gasteiger partial charge in [-0.3, -0.25) is 19.3 Å². The van der Waals surface area contributed by atoms with Crippen LogP contribution in [0.1, 0.15) is 6.42 Å². The molecule has 0 saturated heterocycles. The van der Waals surface area contributed by atoms with Crippen LogP contribution in [0.4, 0.5) is 27.1 Å². The Morgan fingerprint density at radius 3 is 2.21 bits per heavy atom. The maximum Gasteiger partial charge on any atom is 0.250 e. The van der Waals surface area contributed by atoms with Gasteiger partial charge in [-0.05, 0) is 60.7 Å². The molecule has 3 amide bonds. The van der Waals surface area contributed by atoms with Crippen LogP contribution in [0.2, 0.25) is 0 Å². The molecular weight excluding hydrogens is 491 g/mol. The Hall–Kier alpha value is -3.72. The maximum atomic E-state index is 13.2. The summed E-state index contributed by atoms with van der Waals surface area (Å²) in [5, 5.41) is 8.51. The van der Waals surface area contributed by atoms with Gasteiger partial charge in [-0.1, -0.05) is 28.1 Å². The van der Waals surface area contributed by atoms with E-state index >= 15 is 0 Å². The molecule has 7 nitrogen and oxygen atoms in total. The summed E-state index contributed by atoms with van der Waals surface area (Å²) in [5.41, 5.74) is 2.24. The quantitative estimate of drug-likeness (QED) is 0.458. The van der Waals surface area contributed by atoms with Crippen molar-refractivity contribution in [3.05, 3.63) is 83.1 Å². The zero-order valence-corrected chi connectivity index (χ0v) is 18.9. The highest BCUT2D eigenvalue weighted by atomic mass is 79.9. The topological polar surface area (TPSA) is 90.5 Å². The minimum absolute atomic E-state index is 0.157. The molecule has 0 spiro atoms. The summed E-state index contributed by atoms with van der Waals surface area (Å²) in [6.45, 7) is -0.205. The van der Waals surface area contributed by atoms with E-state index < -0.39 is 23.7 Å². The minimum atomic E-state index is -0.860. The van der Waals surface area contributed by atoms with Gasteiger partial charge in [0.2, 0.25) is 11.8 Å². The van der Waals surface area contributed by atoms with E-state index in [0.717, 1.165) is 4.47 Å². The number of anilines is 4. The van der Waals surface area contributed by atoms with Crippen molar-refractivity contribution in [2.45, 2.75) is 12.5 Å². The van der Waals surface area contributed by atoms with Crippen molar-refractivity contribution >= 4 is 56.4 Å². The van der Waals surface area contributed by atoms with Gasteiger partial charge >= 0.3 is 0 Å². The summed E-state index contributed by atoms with van der Waals surface area (Å²) in [7, 11) is 0. The number of para-hydroxylation sites is 2. The predicted octanol–water partition coefficient (Wildman–Crippen LogP) is 4.38. The van der Waals surface area contributed by atoms with Crippen LogP contribution in [0.5, 0.6) is 0 Å². The third kappa shape index (κ3) is 5.56. The smallest absolute Gasteiger partial charge is 0.250 e. The zero-order valence-electron chi connectivity index (χ0n) is 17.3. The summed E-state index contributed by atoms with van der Waals surface area (Å²) in [4.78, 5) is 39.8. The molecule has 168 valence electrons. The molecule has 1 atom stereocenters. The average Bonchev–Trinajstić information content (AvgIpc) is 2.79. The van der Waals surface area contributed by atoms with E-state index in [9.17, 15) is 18.8 Å². The number of hydrogen-bond donors (Lipinski definition) is 3. The maximum absolute atomic E-state index is 13.2. The Bertz CT molecular complexity index is 1190. The molecule has 3 N–H and O–H groups in total. The molecule has 0 aliphatic carbocycles. The van der Waals surface area contributed by atoms with Crippen LogP contribution in [0, 0.1) is 5.82 Å². The number of carbonyl (C=O) groups is 3. The fraction of sp³-hybridized carbons (Fsp3) is 0.125. The number of amides is 3. The number of benzene rings is 3. The number of halogens is 2. The number of hydrogen-bond acceptors (Lipinski definition) is 4. The Labute approximate surface area is 198 Å². The molecular formula is C24H20BrFN4O3. The largest absolute Gasteiger partial charge is 0.372 e. The first kappa shape index (κ1) is 22.5. The van der Waals surface area contributed by atoms with Crippen LogP contribution in [0.3, 0.4) is 0 Å². The van der Waals surface area contributed by atoms with Crippen molar-refractivity contribution < 1.29 is 18.8 Å². The summed E-state index contributed by atoms with van der Waals surface area (Å²) in [6.07, 6.45) is -0.157. The minimum Gasteiger partial charge on any atom is -0.372 e. The molecule has 0 aromatic heterocycles. The molecule has 3 aromatic carbocycles. The van der Waals surface area contributed by atoms with Crippen molar-refractivity contribution in [3.8, 4) is 0 Å². The van der Waals surface area contributed by atoms with Crippen molar-refractivity contribution in [1.82, 2.24) is 0 Å². The molecule has 1 heterocycles. The third-order valence-corrected chi connectivity index (χ3v) is 5.56. The van der Waals surface area contributed by atoms with Gasteiger partial charge in [-0.15, -0.1) is 0 Å². The van der Waals surface area contributed by atoms with Gasteiger partial charge < -0.3 is 16.0 Å². The Kier molecular flexibility index (Phi) is 6.69. The van der Waals surface area contributed by atoms with Crippen molar-refractivity contribution in [1.29, 1.82) is 0 Å². The van der Waals surface area contributed by atoms with Crippen LogP contribution in [0.25, 0.3) is 0 Å². The molecule has 0 saturated carbocycles. The molecule has 1 unspecified atom stereocenters. The second-order valence-electron chi connectivity index (χ2n) is 7.45. The first-order chi connectivity index (χ1) is 15.9. The molecule has 0 bridgehead atoms. The summed E-state index contributed by atoms with van der Waals surface area (Å²) in [6, 6.07) is 18.7. The van der Waals surface area contributed by atoms with E-state index in [1.807, 2.05) is 0 Å². The summed E-state index contributed by atoms with van der Waals surface area (Å²) >= 11 is 3.35. The lowest BCUT2D eigenvalue weighted by atomic mass is 10.1. The first-order valence-corrected chi connectivity index (χ1v) is 11.0. The van der Waals surface area contributed by atoms with Gasteiger partial charge in [0.25, 0.3) is 5.91 Å². The van der Waals surface area contributed by atoms with Gasteiger partial charge in [0.15, 0.2) is 0 Å². The Balaban J connectivity index is 1.47. The van der Waals surface area contributed by atoms with Crippen molar-refractivity contribution in [3.63, 3.8) is 0 Å². The second-order valence-corrected chi connectivity index (χ2v) is 8.37. The number of rotatable bonds is 6. The van der Waals surface area contributed by atoms with Gasteiger partial charge in [-0.2, -0.15) is 0 Å². The van der Waals surface area contributed by atoms with Crippen molar-refractivity contribution in [2.75, 3.05) is 27.4 Å². The van der Waals surface area contributed by atoms with E-state index in [2.05, 4.69) is 31.9 Å². The number of nitrogens with one attached hydrogen (secondary N) is 3. The van der Waals surface area contributed by atoms with Gasteiger partial charge in [0, 0.05) is 15.8 Å². The molecule has 9 heteroatoms. The highest BCUT2D eigenvalue weighted by Crippen LogP contribution is 2.32. The predicted molar refractivity (Wildman–Crippen MR) is 129 cm³/mol. The normalized spacial score (nSPS) is 14.8. The lowest BCUT2D eigenvalue weighted by Crippen LogP contribution is -2.50. The fourth-order valence-electron chi connectivity index (χ4n) is 3.50. The lowest BCUT2D eigenvalue weighted by Gasteiger charge is -2.34. The van der Waals surface area contributed by atoms with Gasteiger partial charge in [0.1, 0.15) is 18.4 Å². The third-order valence-electron chi connectivity index (χ3n) is 5.04. The zero-order chi connectivity index (χ0) is 23.4. The molecule has 1 aliphatic rings. The summed E-state index contributed by atoms with van der Waals surface area (Å²) < 4.78 is 14.0. The highest BCUT2D eigenvalue weighted by Gasteiger charge is 2.34. The molecule has 0 radical (unpaired) electrons. The number of nitrogens with zero attached hydrogens (tertiary/aromatic N) is 1. The van der Waals surface area contributed by atoms with Crippen LogP contribution >= 0.6 is 15.9 Å². The molecule has 3 aromatic rings. The van der Waals surface area contributed by atoms with E-state index in [1.54, 1.807) is 48.5 Å². The van der Waals surface area contributed by atoms with E-state index in [4.69, 9.17) is 0 Å². The molecule has 33 heavy (non-hydrogen) atoms. The molecule has 4 rings (SSSR count). The number of carbonyl (C=O) groups excluding carboxylic acids is 3. The van der Waals surface area contributed by atoms with Crippen molar-refractivity contribution in [2.24, 2.45) is 0 Å². The second kappa shape index (κ2) is 9.83. The van der Waals surface area contributed by atoms with Gasteiger partial charge in [0.05, 0.1) is 17.8 Å². The van der Waals surface area contributed by atoms with E-state index in [1.165, 1.54) is 29.2 Å². The molecule has 1 aliphatic heterocycles. The Morgan fingerprint density at radius 2 is 1.52 bits per heavy atom. The lowest BCUT2D eigenvalue weighted by molar-refractivity contribution is -0.124. The van der Waals surface area contributed by atoms with Gasteiger partial charge in [-0.25, -0.2) is 4.39 Å². The molecule has 0 fully saturated rings. The Morgan fingerprint density at radius 1 is 0.909 bits per heavy atom. The summed E-state index contributed by atoms with van der Waals surface area (Å²) in [5.74, 6) is -1.58. The van der Waals surface area contributed by atoms with Crippen LogP contribution in [0.15, 0.2) is 77.3 Å². The highest BCUT2D eigenvalue weighted by molar-refractivity contribution is 9.10. The van der Waals surface area contributed by atoms with Crippen LogP contribution in [-0.4, -0.2) is 30.3 Å². The van der Waals surface area contributed by atoms with Crippen LogP contribution < -0.4 is 20.9 Å². The standard InChI is InChI=1S/C24H20BrFN4O3/c25-15-5-9-17(10-6-15)28-23(32)14-30-21-4-2-1-3-19(21)29-20(24(30)33)13-22(31)27-18-11-7-16(26)8-12-18/h1-12,20,29H,13-14H2,(H,27,31)(H,28,32). The van der Waals surface area contributed by atoms with E-state index in [-0.39, 0.29) is 18.9 Å². The van der Waals surface area contributed by atoms with Crippen LogP contribution in [-0.2, 0) is 14.4 Å².